The van der Waals surface area contributed by atoms with Gasteiger partial charge in [-0.15, -0.1) is 11.6 Å². The monoisotopic (exact) mass is 332 g/mol. The number of carbonyl (C=O) groups excluding carboxylic acids is 2. The van der Waals surface area contributed by atoms with Gasteiger partial charge >= 0.3 is 0 Å². The van der Waals surface area contributed by atoms with Crippen molar-refractivity contribution >= 4 is 34.8 Å². The number of anilines is 2. The summed E-state index contributed by atoms with van der Waals surface area (Å²) >= 11 is 5.50. The highest BCUT2D eigenvalue weighted by Gasteiger charge is 2.13. The molecular weight excluding hydrogens is 316 g/mol. The van der Waals surface area contributed by atoms with Gasteiger partial charge in [0.1, 0.15) is 11.6 Å². The van der Waals surface area contributed by atoms with Gasteiger partial charge in [-0.3, -0.25) is 9.59 Å². The lowest BCUT2D eigenvalue weighted by molar-refractivity contribution is -0.113. The minimum absolute atomic E-state index is 0.144. The van der Waals surface area contributed by atoms with Crippen molar-refractivity contribution in [2.45, 2.75) is 6.92 Å². The first-order valence-corrected chi connectivity index (χ1v) is 7.49. The summed E-state index contributed by atoms with van der Waals surface area (Å²) < 4.78 is 5.26. The van der Waals surface area contributed by atoms with Gasteiger partial charge in [0.25, 0.3) is 5.91 Å². The molecule has 0 aliphatic heterocycles. The van der Waals surface area contributed by atoms with Crippen molar-refractivity contribution in [1.29, 1.82) is 0 Å². The fourth-order valence-electron chi connectivity index (χ4n) is 2.06. The lowest BCUT2D eigenvalue weighted by Crippen LogP contribution is -2.15. The lowest BCUT2D eigenvalue weighted by atomic mass is 10.1. The first-order chi connectivity index (χ1) is 11.0. The standard InChI is InChI=1S/C17H17ClN2O3/c1-11-8-14(19-16(21)10-18)15(23-2)9-13(11)20-17(22)12-6-4-3-5-7-12/h3-9H,10H2,1-2H3,(H,19,21)(H,20,22). The molecule has 0 fully saturated rings. The molecule has 0 atom stereocenters. The maximum Gasteiger partial charge on any atom is 0.255 e. The topological polar surface area (TPSA) is 67.4 Å². The maximum absolute atomic E-state index is 12.2. The Bertz CT molecular complexity index is 717. The molecule has 23 heavy (non-hydrogen) atoms. The van der Waals surface area contributed by atoms with Crippen molar-refractivity contribution in [1.82, 2.24) is 0 Å². The van der Waals surface area contributed by atoms with E-state index in [1.807, 2.05) is 13.0 Å². The summed E-state index contributed by atoms with van der Waals surface area (Å²) in [4.78, 5) is 23.7. The highest BCUT2D eigenvalue weighted by atomic mass is 35.5. The average molecular weight is 333 g/mol. The zero-order chi connectivity index (χ0) is 16.8. The quantitative estimate of drug-likeness (QED) is 0.824. The van der Waals surface area contributed by atoms with E-state index in [0.717, 1.165) is 5.56 Å². The van der Waals surface area contributed by atoms with Crippen LogP contribution in [-0.2, 0) is 4.79 Å². The van der Waals surface area contributed by atoms with Gasteiger partial charge in [-0.2, -0.15) is 0 Å². The number of benzene rings is 2. The second kappa shape index (κ2) is 7.65. The minimum atomic E-state index is -0.328. The molecule has 0 aliphatic carbocycles. The molecule has 2 rings (SSSR count). The highest BCUT2D eigenvalue weighted by Crippen LogP contribution is 2.31. The molecule has 0 aromatic heterocycles. The Morgan fingerprint density at radius 3 is 2.39 bits per heavy atom. The van der Waals surface area contributed by atoms with Crippen LogP contribution in [0.4, 0.5) is 11.4 Å². The van der Waals surface area contributed by atoms with Crippen molar-refractivity contribution in [3.05, 3.63) is 53.6 Å². The predicted octanol–water partition coefficient (Wildman–Crippen LogP) is 3.43. The van der Waals surface area contributed by atoms with Gasteiger partial charge in [0, 0.05) is 17.3 Å². The van der Waals surface area contributed by atoms with Crippen LogP contribution in [-0.4, -0.2) is 24.8 Å². The van der Waals surface area contributed by atoms with E-state index in [-0.39, 0.29) is 17.7 Å². The van der Waals surface area contributed by atoms with Gasteiger partial charge in [0.15, 0.2) is 0 Å². The Morgan fingerprint density at radius 1 is 1.09 bits per heavy atom. The van der Waals surface area contributed by atoms with E-state index in [2.05, 4.69) is 10.6 Å². The molecule has 2 N–H and O–H groups in total. The summed E-state index contributed by atoms with van der Waals surface area (Å²) in [5.41, 5.74) is 2.47. The molecule has 0 unspecified atom stereocenters. The van der Waals surface area contributed by atoms with Gasteiger partial charge in [0.05, 0.1) is 12.8 Å². The first-order valence-electron chi connectivity index (χ1n) is 6.96. The molecule has 2 aromatic carbocycles. The van der Waals surface area contributed by atoms with Crippen LogP contribution in [0.25, 0.3) is 0 Å². The number of halogens is 1. The molecule has 120 valence electrons. The third kappa shape index (κ3) is 4.23. The van der Waals surface area contributed by atoms with Crippen molar-refractivity contribution in [2.24, 2.45) is 0 Å². The lowest BCUT2D eigenvalue weighted by Gasteiger charge is -2.15. The summed E-state index contributed by atoms with van der Waals surface area (Å²) in [6.07, 6.45) is 0. The smallest absolute Gasteiger partial charge is 0.255 e. The van der Waals surface area contributed by atoms with Crippen molar-refractivity contribution < 1.29 is 14.3 Å². The molecule has 0 saturated heterocycles. The van der Waals surface area contributed by atoms with Crippen molar-refractivity contribution in [3.63, 3.8) is 0 Å². The molecule has 2 aromatic rings. The summed E-state index contributed by atoms with van der Waals surface area (Å²) in [7, 11) is 1.49. The maximum atomic E-state index is 12.2. The molecule has 6 heteroatoms. The fourth-order valence-corrected chi connectivity index (χ4v) is 2.12. The summed E-state index contributed by atoms with van der Waals surface area (Å²) in [5, 5.41) is 5.49. The van der Waals surface area contributed by atoms with Crippen LogP contribution in [0, 0.1) is 6.92 Å². The Balaban J connectivity index is 2.26. The van der Waals surface area contributed by atoms with Crippen LogP contribution in [0.5, 0.6) is 5.75 Å². The van der Waals surface area contributed by atoms with E-state index in [0.29, 0.717) is 22.7 Å². The Hall–Kier alpha value is -2.53. The summed E-state index contributed by atoms with van der Waals surface area (Å²) in [5.74, 6) is -0.245. The Morgan fingerprint density at radius 2 is 1.78 bits per heavy atom. The second-order valence-corrected chi connectivity index (χ2v) is 5.14. The largest absolute Gasteiger partial charge is 0.494 e. The summed E-state index contributed by atoms with van der Waals surface area (Å²) in [6.45, 7) is 1.83. The van der Waals surface area contributed by atoms with Crippen LogP contribution in [0.15, 0.2) is 42.5 Å². The highest BCUT2D eigenvalue weighted by molar-refractivity contribution is 6.29. The normalized spacial score (nSPS) is 10.0. The van der Waals surface area contributed by atoms with Gasteiger partial charge in [-0.05, 0) is 30.7 Å². The number of hydrogen-bond donors (Lipinski definition) is 2. The number of methoxy groups -OCH3 is 1. The Kier molecular flexibility index (Phi) is 5.60. The average Bonchev–Trinajstić information content (AvgIpc) is 2.57. The van der Waals surface area contributed by atoms with Gasteiger partial charge in [0.2, 0.25) is 5.91 Å². The van der Waals surface area contributed by atoms with Gasteiger partial charge in [-0.25, -0.2) is 0 Å². The van der Waals surface area contributed by atoms with E-state index in [9.17, 15) is 9.59 Å². The summed E-state index contributed by atoms with van der Waals surface area (Å²) in [6, 6.07) is 12.3. The number of nitrogens with one attached hydrogen (secondary N) is 2. The zero-order valence-corrected chi connectivity index (χ0v) is 13.6. The van der Waals surface area contributed by atoms with E-state index >= 15 is 0 Å². The zero-order valence-electron chi connectivity index (χ0n) is 12.9. The third-order valence-corrected chi connectivity index (χ3v) is 3.47. The number of rotatable bonds is 5. The molecule has 0 saturated carbocycles. The second-order valence-electron chi connectivity index (χ2n) is 4.87. The minimum Gasteiger partial charge on any atom is -0.494 e. The van der Waals surface area contributed by atoms with Crippen molar-refractivity contribution in [3.8, 4) is 5.75 Å². The number of ether oxygens (including phenoxy) is 1. The molecule has 0 radical (unpaired) electrons. The number of amides is 2. The number of alkyl halides is 1. The van der Waals surface area contributed by atoms with E-state index in [4.69, 9.17) is 16.3 Å². The molecule has 0 aliphatic rings. The number of carbonyl (C=O) groups is 2. The van der Waals surface area contributed by atoms with Crippen molar-refractivity contribution in [2.75, 3.05) is 23.6 Å². The molecular formula is C17H17ClN2O3. The first kappa shape index (κ1) is 16.8. The number of hydrogen-bond acceptors (Lipinski definition) is 3. The van der Waals surface area contributed by atoms with E-state index < -0.39 is 0 Å². The van der Waals surface area contributed by atoms with Gasteiger partial charge < -0.3 is 15.4 Å². The molecule has 0 spiro atoms. The number of aryl methyl sites for hydroxylation is 1. The molecule has 2 amide bonds. The van der Waals surface area contributed by atoms with Crippen LogP contribution in [0.2, 0.25) is 0 Å². The van der Waals surface area contributed by atoms with E-state index in [1.54, 1.807) is 36.4 Å². The molecule has 0 bridgehead atoms. The predicted molar refractivity (Wildman–Crippen MR) is 91.5 cm³/mol. The van der Waals surface area contributed by atoms with Gasteiger partial charge in [-0.1, -0.05) is 18.2 Å². The Labute approximate surface area is 139 Å². The third-order valence-electron chi connectivity index (χ3n) is 3.23. The van der Waals surface area contributed by atoms with E-state index in [1.165, 1.54) is 7.11 Å². The fraction of sp³-hybridized carbons (Fsp3) is 0.176. The van der Waals surface area contributed by atoms with Crippen LogP contribution < -0.4 is 15.4 Å². The van der Waals surface area contributed by atoms with Crippen LogP contribution >= 0.6 is 11.6 Å². The van der Waals surface area contributed by atoms with Crippen LogP contribution in [0.3, 0.4) is 0 Å². The SMILES string of the molecule is COc1cc(NC(=O)c2ccccc2)c(C)cc1NC(=O)CCl. The van der Waals surface area contributed by atoms with Crippen LogP contribution in [0.1, 0.15) is 15.9 Å². The molecule has 5 nitrogen and oxygen atoms in total. The molecule has 0 heterocycles.